The van der Waals surface area contributed by atoms with Crippen LogP contribution in [0.1, 0.15) is 0 Å². The van der Waals surface area contributed by atoms with Crippen LogP contribution in [0.5, 0.6) is 0 Å². The Bertz CT molecular complexity index is 97.9. The highest BCUT2D eigenvalue weighted by molar-refractivity contribution is 9.11. The first kappa shape index (κ1) is 8.08. The van der Waals surface area contributed by atoms with Crippen molar-refractivity contribution in [1.29, 1.82) is 0 Å². The number of hydrogen-bond donors (Lipinski definition) is 0. The van der Waals surface area contributed by atoms with Crippen molar-refractivity contribution in [2.24, 2.45) is 0 Å². The fourth-order valence-corrected chi connectivity index (χ4v) is 0.318. The molecule has 0 aliphatic carbocycles. The number of alkyl halides is 1. The first-order chi connectivity index (χ1) is 3.48. The molecule has 0 spiro atoms. The standard InChI is InChI=1S/C3H3B2BrO2/c1-8-2(7)3(4,5)6/h1H3. The van der Waals surface area contributed by atoms with Gasteiger partial charge in [-0.1, -0.05) is 15.9 Å². The van der Waals surface area contributed by atoms with Crippen molar-refractivity contribution in [2.75, 3.05) is 7.11 Å². The molecule has 2 nitrogen and oxygen atoms in total. The molecule has 0 aliphatic rings. The van der Waals surface area contributed by atoms with Gasteiger partial charge in [0, 0.05) is 4.12 Å². The Morgan fingerprint density at radius 1 is 1.75 bits per heavy atom. The Hall–Kier alpha value is 0.0799. The lowest BCUT2D eigenvalue weighted by Gasteiger charge is -2.12. The molecule has 0 amide bonds. The summed E-state index contributed by atoms with van der Waals surface area (Å²) in [5, 5.41) is 0. The van der Waals surface area contributed by atoms with Gasteiger partial charge in [0.1, 0.15) is 0 Å². The lowest BCUT2D eigenvalue weighted by molar-refractivity contribution is -0.139. The first-order valence-electron chi connectivity index (χ1n) is 1.83. The minimum Gasteiger partial charge on any atom is -0.469 e. The summed E-state index contributed by atoms with van der Waals surface area (Å²) in [5.74, 6) is -0.697. The second-order valence-corrected chi connectivity index (χ2v) is 2.57. The second-order valence-electron chi connectivity index (χ2n) is 1.26. The van der Waals surface area contributed by atoms with E-state index in [1.54, 1.807) is 0 Å². The third kappa shape index (κ3) is 2.40. The molecule has 0 N–H and O–H groups in total. The summed E-state index contributed by atoms with van der Waals surface area (Å²) in [5.41, 5.74) is 0. The smallest absolute Gasteiger partial charge is 0.304 e. The molecule has 0 saturated heterocycles. The number of carbonyl (C=O) groups excluding carboxylic acids is 1. The van der Waals surface area contributed by atoms with Crippen LogP contribution in [0.3, 0.4) is 0 Å². The second kappa shape index (κ2) is 2.58. The van der Waals surface area contributed by atoms with Crippen molar-refractivity contribution in [3.8, 4) is 0 Å². The predicted molar refractivity (Wildman–Crippen MR) is 35.2 cm³/mol. The predicted octanol–water partition coefficient (Wildman–Crippen LogP) is -0.455. The normalized spacial score (nSPS) is 10.8. The molecule has 40 valence electrons. The molecule has 0 unspecified atom stereocenters. The monoisotopic (exact) mass is 172 g/mol. The molecule has 4 radical (unpaired) electrons. The summed E-state index contributed by atoms with van der Waals surface area (Å²) in [6.45, 7) is 0. The molecular weight excluding hydrogens is 170 g/mol. The van der Waals surface area contributed by atoms with Crippen molar-refractivity contribution in [3.63, 3.8) is 0 Å². The van der Waals surface area contributed by atoms with Crippen molar-refractivity contribution in [2.45, 2.75) is 4.12 Å². The Kier molecular flexibility index (Phi) is 2.60. The van der Waals surface area contributed by atoms with Gasteiger partial charge in [-0.05, 0) is 0 Å². The van der Waals surface area contributed by atoms with Crippen LogP contribution in [0, 0.1) is 0 Å². The highest BCUT2D eigenvalue weighted by atomic mass is 79.9. The number of carbonyl (C=O) groups is 1. The van der Waals surface area contributed by atoms with E-state index >= 15 is 0 Å². The zero-order valence-corrected chi connectivity index (χ0v) is 5.94. The van der Waals surface area contributed by atoms with E-state index in [-0.39, 0.29) is 0 Å². The fraction of sp³-hybridized carbons (Fsp3) is 0.667. The van der Waals surface area contributed by atoms with Crippen LogP contribution >= 0.6 is 15.9 Å². The van der Waals surface area contributed by atoms with Crippen molar-refractivity contribution in [1.82, 2.24) is 0 Å². The number of esters is 1. The van der Waals surface area contributed by atoms with Crippen LogP contribution in [-0.2, 0) is 9.53 Å². The van der Waals surface area contributed by atoms with E-state index < -0.39 is 10.1 Å². The van der Waals surface area contributed by atoms with Crippen LogP contribution in [0.4, 0.5) is 0 Å². The van der Waals surface area contributed by atoms with Gasteiger partial charge < -0.3 is 4.74 Å². The number of methoxy groups -OCH3 is 1. The van der Waals surface area contributed by atoms with E-state index in [0.717, 1.165) is 0 Å². The summed E-state index contributed by atoms with van der Waals surface area (Å²) in [6, 6.07) is 0. The van der Waals surface area contributed by atoms with Crippen molar-refractivity contribution in [3.05, 3.63) is 0 Å². The Labute approximate surface area is 58.9 Å². The van der Waals surface area contributed by atoms with E-state index in [9.17, 15) is 4.79 Å². The van der Waals surface area contributed by atoms with E-state index in [0.29, 0.717) is 0 Å². The average molecular weight is 173 g/mol. The molecule has 0 atom stereocenters. The summed E-state index contributed by atoms with van der Waals surface area (Å²) in [6.07, 6.45) is 0. The molecule has 0 bridgehead atoms. The summed E-state index contributed by atoms with van der Waals surface area (Å²) in [7, 11) is 11.2. The first-order valence-corrected chi connectivity index (χ1v) is 2.63. The molecule has 0 fully saturated rings. The lowest BCUT2D eigenvalue weighted by atomic mass is 9.71. The largest absolute Gasteiger partial charge is 0.469 e. The van der Waals surface area contributed by atoms with E-state index in [2.05, 4.69) is 20.7 Å². The Morgan fingerprint density at radius 2 is 2.12 bits per heavy atom. The molecule has 8 heavy (non-hydrogen) atoms. The zero-order valence-electron chi connectivity index (χ0n) is 4.35. The van der Waals surface area contributed by atoms with Gasteiger partial charge in [-0.15, -0.1) is 0 Å². The third-order valence-electron chi connectivity index (χ3n) is 0.498. The average Bonchev–Trinajstić information content (AvgIpc) is 1.62. The van der Waals surface area contributed by atoms with Crippen molar-refractivity contribution < 1.29 is 9.53 Å². The summed E-state index contributed by atoms with van der Waals surface area (Å²) >= 11 is 2.69. The van der Waals surface area contributed by atoms with Gasteiger partial charge in [-0.3, -0.25) is 4.79 Å². The number of rotatable bonds is 1. The summed E-state index contributed by atoms with van der Waals surface area (Å²) < 4.78 is 2.64. The van der Waals surface area contributed by atoms with Crippen LogP contribution in [-0.4, -0.2) is 32.9 Å². The number of ether oxygens (including phenoxy) is 1. The van der Waals surface area contributed by atoms with Gasteiger partial charge in [-0.2, -0.15) is 0 Å². The fourth-order valence-electron chi connectivity index (χ4n) is 0.156. The molecule has 0 saturated carbocycles. The topological polar surface area (TPSA) is 26.3 Å². The number of hydrogen-bond acceptors (Lipinski definition) is 2. The van der Waals surface area contributed by atoms with Gasteiger partial charge >= 0.3 is 5.97 Å². The van der Waals surface area contributed by atoms with Crippen LogP contribution in [0.15, 0.2) is 0 Å². The summed E-state index contributed by atoms with van der Waals surface area (Å²) in [4.78, 5) is 10.3. The van der Waals surface area contributed by atoms with E-state index in [1.807, 2.05) is 0 Å². The maximum Gasteiger partial charge on any atom is 0.304 e. The SMILES string of the molecule is [B]C([B])(Br)C(=O)OC. The maximum atomic E-state index is 10.3. The van der Waals surface area contributed by atoms with Crippen LogP contribution < -0.4 is 0 Å². The quantitative estimate of drug-likeness (QED) is 0.304. The van der Waals surface area contributed by atoms with Gasteiger partial charge in [-0.25, -0.2) is 0 Å². The van der Waals surface area contributed by atoms with E-state index in [1.165, 1.54) is 7.11 Å². The highest BCUT2D eigenvalue weighted by Crippen LogP contribution is 2.08. The van der Waals surface area contributed by atoms with Gasteiger partial charge in [0.05, 0.1) is 22.8 Å². The molecule has 0 aliphatic heterocycles. The minimum absolute atomic E-state index is 0.697. The van der Waals surface area contributed by atoms with Crippen molar-refractivity contribution >= 4 is 37.6 Å². The third-order valence-corrected chi connectivity index (χ3v) is 0.822. The molecule has 0 aromatic rings. The number of halogens is 1. The molecule has 0 heterocycles. The molecule has 0 aromatic heterocycles. The molecule has 5 heteroatoms. The van der Waals surface area contributed by atoms with Gasteiger partial charge in [0.15, 0.2) is 0 Å². The minimum atomic E-state index is -1.54. The molecular formula is C3H3B2BrO2. The van der Waals surface area contributed by atoms with Gasteiger partial charge in [0.2, 0.25) is 0 Å². The molecule has 0 aromatic carbocycles. The maximum absolute atomic E-state index is 10.3. The van der Waals surface area contributed by atoms with E-state index in [4.69, 9.17) is 15.7 Å². The van der Waals surface area contributed by atoms with Gasteiger partial charge in [0.25, 0.3) is 0 Å². The molecule has 0 rings (SSSR count). The highest BCUT2D eigenvalue weighted by Gasteiger charge is 2.22. The zero-order chi connectivity index (χ0) is 6.78. The lowest BCUT2D eigenvalue weighted by Crippen LogP contribution is -2.33. The Morgan fingerprint density at radius 3 is 2.12 bits per heavy atom. The van der Waals surface area contributed by atoms with Crippen LogP contribution in [0.2, 0.25) is 0 Å². The Balaban J connectivity index is 3.82. The van der Waals surface area contributed by atoms with Crippen LogP contribution in [0.25, 0.3) is 0 Å².